The molecule has 1 aromatic rings. The van der Waals surface area contributed by atoms with E-state index >= 15 is 0 Å². The third-order valence-corrected chi connectivity index (χ3v) is 3.70. The molecule has 0 unspecified atom stereocenters. The second-order valence-electron chi connectivity index (χ2n) is 4.05. The molecule has 1 aliphatic carbocycles. The van der Waals surface area contributed by atoms with Gasteiger partial charge in [0.2, 0.25) is 5.95 Å². The van der Waals surface area contributed by atoms with Crippen LogP contribution in [0.4, 0.5) is 5.95 Å². The fourth-order valence-electron chi connectivity index (χ4n) is 1.68. The van der Waals surface area contributed by atoms with Crippen LogP contribution in [0.15, 0.2) is 5.16 Å². The van der Waals surface area contributed by atoms with Gasteiger partial charge in [0.05, 0.1) is 5.75 Å². The fourth-order valence-corrected chi connectivity index (χ4v) is 2.39. The molecule has 1 N–H and O–H groups in total. The normalized spacial score (nSPS) is 14.9. The minimum Gasteiger partial charge on any atom is -0.481 e. The van der Waals surface area contributed by atoms with Crippen molar-refractivity contribution in [3.05, 3.63) is 0 Å². The number of nitrogens with zero attached hydrogens (tertiary/aromatic N) is 4. The standard InChI is InChI=1S/C10H16N4O2S/c1-3-14-9(13(2)7-4-5-7)11-12-10(14)17-6-8(15)16/h7H,3-6H2,1-2H3,(H,15,16). The minimum atomic E-state index is -0.835. The third kappa shape index (κ3) is 2.71. The lowest BCUT2D eigenvalue weighted by molar-refractivity contribution is -0.133. The van der Waals surface area contributed by atoms with Crippen LogP contribution in [-0.4, -0.2) is 44.7 Å². The first kappa shape index (κ1) is 12.2. The molecular weight excluding hydrogens is 240 g/mol. The molecule has 94 valence electrons. The van der Waals surface area contributed by atoms with Gasteiger partial charge < -0.3 is 10.0 Å². The van der Waals surface area contributed by atoms with Crippen LogP contribution in [0, 0.1) is 0 Å². The van der Waals surface area contributed by atoms with Crippen molar-refractivity contribution in [3.63, 3.8) is 0 Å². The Labute approximate surface area is 104 Å². The van der Waals surface area contributed by atoms with Crippen LogP contribution < -0.4 is 4.90 Å². The summed E-state index contributed by atoms with van der Waals surface area (Å²) in [5.41, 5.74) is 0. The van der Waals surface area contributed by atoms with Gasteiger partial charge >= 0.3 is 5.97 Å². The largest absolute Gasteiger partial charge is 0.481 e. The molecule has 1 saturated carbocycles. The highest BCUT2D eigenvalue weighted by atomic mass is 32.2. The summed E-state index contributed by atoms with van der Waals surface area (Å²) in [6, 6.07) is 0.571. The zero-order valence-electron chi connectivity index (χ0n) is 9.96. The van der Waals surface area contributed by atoms with E-state index in [0.717, 1.165) is 12.5 Å². The number of carboxylic acid groups (broad SMARTS) is 1. The van der Waals surface area contributed by atoms with Gasteiger partial charge in [0.25, 0.3) is 0 Å². The second kappa shape index (κ2) is 4.95. The van der Waals surface area contributed by atoms with Crippen LogP contribution in [0.1, 0.15) is 19.8 Å². The van der Waals surface area contributed by atoms with Crippen LogP contribution in [-0.2, 0) is 11.3 Å². The zero-order valence-corrected chi connectivity index (χ0v) is 10.8. The van der Waals surface area contributed by atoms with Crippen molar-refractivity contribution in [2.24, 2.45) is 0 Å². The Balaban J connectivity index is 2.13. The van der Waals surface area contributed by atoms with Crippen LogP contribution in [0.3, 0.4) is 0 Å². The highest BCUT2D eigenvalue weighted by molar-refractivity contribution is 7.99. The molecule has 0 amide bonds. The van der Waals surface area contributed by atoms with Crippen molar-refractivity contribution in [2.75, 3.05) is 17.7 Å². The average molecular weight is 256 g/mol. The molecule has 1 aliphatic rings. The molecule has 0 spiro atoms. The quantitative estimate of drug-likeness (QED) is 0.768. The van der Waals surface area contributed by atoms with Crippen molar-refractivity contribution in [2.45, 2.75) is 37.5 Å². The summed E-state index contributed by atoms with van der Waals surface area (Å²) in [4.78, 5) is 12.7. The lowest BCUT2D eigenvalue weighted by atomic mass is 10.6. The van der Waals surface area contributed by atoms with Crippen molar-refractivity contribution in [1.82, 2.24) is 14.8 Å². The topological polar surface area (TPSA) is 71.2 Å². The molecule has 0 radical (unpaired) electrons. The first-order valence-electron chi connectivity index (χ1n) is 5.64. The average Bonchev–Trinajstić information content (AvgIpc) is 3.05. The third-order valence-electron chi connectivity index (χ3n) is 2.75. The maximum Gasteiger partial charge on any atom is 0.313 e. The molecule has 1 heterocycles. The molecule has 0 aromatic carbocycles. The number of carbonyl (C=O) groups is 1. The smallest absolute Gasteiger partial charge is 0.313 e. The van der Waals surface area contributed by atoms with Gasteiger partial charge in [-0.25, -0.2) is 0 Å². The monoisotopic (exact) mass is 256 g/mol. The summed E-state index contributed by atoms with van der Waals surface area (Å²) in [7, 11) is 2.01. The van der Waals surface area contributed by atoms with E-state index in [1.165, 1.54) is 24.6 Å². The predicted octanol–water partition coefficient (Wildman–Crippen LogP) is 1.07. The molecule has 1 fully saturated rings. The fraction of sp³-hybridized carbons (Fsp3) is 0.700. The Hall–Kier alpha value is -1.24. The van der Waals surface area contributed by atoms with E-state index in [-0.39, 0.29) is 5.75 Å². The minimum absolute atomic E-state index is 0.0191. The Morgan fingerprint density at radius 1 is 1.59 bits per heavy atom. The van der Waals surface area contributed by atoms with Gasteiger partial charge in [0, 0.05) is 19.6 Å². The van der Waals surface area contributed by atoms with E-state index < -0.39 is 5.97 Å². The maximum atomic E-state index is 10.5. The van der Waals surface area contributed by atoms with Crippen LogP contribution >= 0.6 is 11.8 Å². The van der Waals surface area contributed by atoms with Crippen LogP contribution in [0.2, 0.25) is 0 Å². The summed E-state index contributed by atoms with van der Waals surface area (Å²) in [5.74, 6) is 0.0197. The van der Waals surface area contributed by atoms with Crippen molar-refractivity contribution >= 4 is 23.7 Å². The van der Waals surface area contributed by atoms with Crippen LogP contribution in [0.5, 0.6) is 0 Å². The van der Waals surface area contributed by atoms with Gasteiger partial charge in [-0.3, -0.25) is 9.36 Å². The summed E-state index contributed by atoms with van der Waals surface area (Å²) < 4.78 is 1.96. The molecule has 0 atom stereocenters. The highest BCUT2D eigenvalue weighted by Gasteiger charge is 2.29. The molecule has 2 rings (SSSR count). The molecule has 7 heteroatoms. The molecule has 17 heavy (non-hydrogen) atoms. The Bertz CT molecular complexity index is 416. The first-order valence-corrected chi connectivity index (χ1v) is 6.62. The van der Waals surface area contributed by atoms with Gasteiger partial charge in [-0.15, -0.1) is 10.2 Å². The molecule has 6 nitrogen and oxygen atoms in total. The van der Waals surface area contributed by atoms with E-state index in [4.69, 9.17) is 5.11 Å². The zero-order chi connectivity index (χ0) is 12.4. The Kier molecular flexibility index (Phi) is 3.56. The second-order valence-corrected chi connectivity index (χ2v) is 4.99. The molecule has 0 bridgehead atoms. The first-order chi connectivity index (χ1) is 8.13. The number of aromatic nitrogens is 3. The number of carboxylic acids is 1. The molecule has 0 aliphatic heterocycles. The van der Waals surface area contributed by atoms with Gasteiger partial charge in [-0.2, -0.15) is 0 Å². The van der Waals surface area contributed by atoms with Crippen molar-refractivity contribution in [1.29, 1.82) is 0 Å². The lowest BCUT2D eigenvalue weighted by Crippen LogP contribution is -2.23. The van der Waals surface area contributed by atoms with E-state index in [9.17, 15) is 4.79 Å². The molecule has 1 aromatic heterocycles. The van der Waals surface area contributed by atoms with E-state index in [1.807, 2.05) is 18.5 Å². The highest BCUT2D eigenvalue weighted by Crippen LogP contribution is 2.30. The number of aliphatic carboxylic acids is 1. The van der Waals surface area contributed by atoms with Gasteiger partial charge in [-0.1, -0.05) is 11.8 Å². The van der Waals surface area contributed by atoms with Gasteiger partial charge in [0.1, 0.15) is 0 Å². The van der Waals surface area contributed by atoms with E-state index in [0.29, 0.717) is 11.2 Å². The Morgan fingerprint density at radius 2 is 2.29 bits per heavy atom. The number of rotatable bonds is 6. The van der Waals surface area contributed by atoms with E-state index in [2.05, 4.69) is 15.1 Å². The number of thioether (sulfide) groups is 1. The van der Waals surface area contributed by atoms with Crippen LogP contribution in [0.25, 0.3) is 0 Å². The van der Waals surface area contributed by atoms with Gasteiger partial charge in [0.15, 0.2) is 5.16 Å². The van der Waals surface area contributed by atoms with Crippen molar-refractivity contribution in [3.8, 4) is 0 Å². The molecular formula is C10H16N4O2S. The molecule has 0 saturated heterocycles. The number of hydrogen-bond donors (Lipinski definition) is 1. The Morgan fingerprint density at radius 3 is 2.82 bits per heavy atom. The maximum absolute atomic E-state index is 10.5. The van der Waals surface area contributed by atoms with E-state index in [1.54, 1.807) is 0 Å². The number of anilines is 1. The summed E-state index contributed by atoms with van der Waals surface area (Å²) >= 11 is 1.21. The lowest BCUT2D eigenvalue weighted by Gasteiger charge is -2.17. The summed E-state index contributed by atoms with van der Waals surface area (Å²) in [6.45, 7) is 2.76. The SMILES string of the molecule is CCn1c(SCC(=O)O)nnc1N(C)C1CC1. The number of hydrogen-bond acceptors (Lipinski definition) is 5. The summed E-state index contributed by atoms with van der Waals surface area (Å²) in [6.07, 6.45) is 2.40. The van der Waals surface area contributed by atoms with Crippen molar-refractivity contribution < 1.29 is 9.90 Å². The predicted molar refractivity (Wildman–Crippen MR) is 65.5 cm³/mol. The summed E-state index contributed by atoms with van der Waals surface area (Å²) in [5, 5.41) is 17.6. The van der Waals surface area contributed by atoms with Gasteiger partial charge in [-0.05, 0) is 19.8 Å².